The number of nitrogens with one attached hydrogen (secondary N) is 2. The van der Waals surface area contributed by atoms with Gasteiger partial charge < -0.3 is 10.1 Å². The summed E-state index contributed by atoms with van der Waals surface area (Å²) in [6.45, 7) is 2.09. The van der Waals surface area contributed by atoms with Crippen LogP contribution in [0.5, 0.6) is 0 Å². The second kappa shape index (κ2) is 8.83. The molecule has 5 nitrogen and oxygen atoms in total. The minimum absolute atomic E-state index is 0.150. The molecule has 2 N–H and O–H groups in total. The van der Waals surface area contributed by atoms with Gasteiger partial charge >= 0.3 is 5.97 Å². The van der Waals surface area contributed by atoms with Gasteiger partial charge in [-0.05, 0) is 66.9 Å². The summed E-state index contributed by atoms with van der Waals surface area (Å²) in [5, 5.41) is 8.34. The van der Waals surface area contributed by atoms with Crippen molar-refractivity contribution >= 4 is 72.2 Å². The van der Waals surface area contributed by atoms with Crippen molar-refractivity contribution in [1.29, 1.82) is 0 Å². The Labute approximate surface area is 191 Å². The molecule has 8 heteroatoms. The average Bonchev–Trinajstić information content (AvgIpc) is 3.28. The Bertz CT molecular complexity index is 1170. The predicted octanol–water partition coefficient (Wildman–Crippen LogP) is 5.46. The SMILES string of the molecule is CCOC(=O)c1c(NC(=S)NC(=O)c2cccc3c(Br)cccc23)sc2c1CCC2. The normalized spacial score (nSPS) is 12.5. The first kappa shape index (κ1) is 21.0. The molecular weight excluding hydrogens is 484 g/mol. The quantitative estimate of drug-likeness (QED) is 0.366. The Kier molecular flexibility index (Phi) is 6.17. The maximum atomic E-state index is 12.9. The van der Waals surface area contributed by atoms with Gasteiger partial charge in [0.1, 0.15) is 5.00 Å². The number of rotatable bonds is 4. The molecule has 0 atom stereocenters. The number of amides is 1. The summed E-state index contributed by atoms with van der Waals surface area (Å²) >= 11 is 10.4. The van der Waals surface area contributed by atoms with Gasteiger partial charge in [0.2, 0.25) is 0 Å². The number of thiophene rings is 1. The van der Waals surface area contributed by atoms with E-state index in [1.54, 1.807) is 13.0 Å². The van der Waals surface area contributed by atoms with Crippen LogP contribution < -0.4 is 10.6 Å². The molecule has 154 valence electrons. The van der Waals surface area contributed by atoms with Gasteiger partial charge in [-0.1, -0.05) is 40.2 Å². The third kappa shape index (κ3) is 3.99. The highest BCUT2D eigenvalue weighted by Crippen LogP contribution is 2.39. The number of anilines is 1. The van der Waals surface area contributed by atoms with E-state index in [1.165, 1.54) is 16.2 Å². The number of aryl methyl sites for hydroxylation is 1. The van der Waals surface area contributed by atoms with Crippen LogP contribution in [0.3, 0.4) is 0 Å². The molecule has 1 aliphatic carbocycles. The summed E-state index contributed by atoms with van der Waals surface area (Å²) in [6, 6.07) is 11.3. The molecule has 0 spiro atoms. The number of fused-ring (bicyclic) bond motifs is 2. The van der Waals surface area contributed by atoms with E-state index in [2.05, 4.69) is 26.6 Å². The van der Waals surface area contributed by atoms with Crippen molar-refractivity contribution in [2.24, 2.45) is 0 Å². The molecule has 0 saturated carbocycles. The van der Waals surface area contributed by atoms with Crippen LogP contribution in [0.25, 0.3) is 10.8 Å². The van der Waals surface area contributed by atoms with Gasteiger partial charge in [-0.25, -0.2) is 4.79 Å². The van der Waals surface area contributed by atoms with E-state index in [-0.39, 0.29) is 17.0 Å². The maximum absolute atomic E-state index is 12.9. The van der Waals surface area contributed by atoms with E-state index in [0.29, 0.717) is 22.7 Å². The molecule has 0 unspecified atom stereocenters. The fourth-order valence-electron chi connectivity index (χ4n) is 3.69. The maximum Gasteiger partial charge on any atom is 0.341 e. The number of carbonyl (C=O) groups excluding carboxylic acids is 2. The zero-order valence-electron chi connectivity index (χ0n) is 16.2. The van der Waals surface area contributed by atoms with E-state index in [0.717, 1.165) is 40.1 Å². The Hall–Kier alpha value is -2.29. The summed E-state index contributed by atoms with van der Waals surface area (Å²) < 4.78 is 6.16. The smallest absolute Gasteiger partial charge is 0.341 e. The number of hydrogen-bond acceptors (Lipinski definition) is 5. The number of halogens is 1. The van der Waals surface area contributed by atoms with Crippen LogP contribution in [0.4, 0.5) is 5.00 Å². The van der Waals surface area contributed by atoms with E-state index >= 15 is 0 Å². The summed E-state index contributed by atoms with van der Waals surface area (Å²) in [5.74, 6) is -0.662. The van der Waals surface area contributed by atoms with Crippen molar-refractivity contribution in [3.63, 3.8) is 0 Å². The lowest BCUT2D eigenvalue weighted by Gasteiger charge is -2.12. The van der Waals surface area contributed by atoms with Crippen molar-refractivity contribution in [1.82, 2.24) is 5.32 Å². The first-order valence-electron chi connectivity index (χ1n) is 9.60. The molecule has 3 aromatic rings. The summed E-state index contributed by atoms with van der Waals surface area (Å²) in [6.07, 6.45) is 2.83. The van der Waals surface area contributed by atoms with Crippen molar-refractivity contribution in [3.8, 4) is 0 Å². The van der Waals surface area contributed by atoms with Gasteiger partial charge in [0.15, 0.2) is 5.11 Å². The third-order valence-electron chi connectivity index (χ3n) is 4.97. The monoisotopic (exact) mass is 502 g/mol. The summed E-state index contributed by atoms with van der Waals surface area (Å²) in [5.41, 5.74) is 2.10. The molecule has 0 aliphatic heterocycles. The number of benzene rings is 2. The Morgan fingerprint density at radius 3 is 2.73 bits per heavy atom. The molecule has 0 bridgehead atoms. The lowest BCUT2D eigenvalue weighted by Crippen LogP contribution is -2.34. The highest BCUT2D eigenvalue weighted by atomic mass is 79.9. The molecule has 1 aromatic heterocycles. The van der Waals surface area contributed by atoms with Crippen molar-refractivity contribution in [2.75, 3.05) is 11.9 Å². The Balaban J connectivity index is 1.56. The Morgan fingerprint density at radius 2 is 1.93 bits per heavy atom. The van der Waals surface area contributed by atoms with E-state index in [1.807, 2.05) is 30.3 Å². The Morgan fingerprint density at radius 1 is 1.17 bits per heavy atom. The van der Waals surface area contributed by atoms with E-state index in [9.17, 15) is 9.59 Å². The molecule has 30 heavy (non-hydrogen) atoms. The fourth-order valence-corrected chi connectivity index (χ4v) is 5.73. The van der Waals surface area contributed by atoms with Crippen LogP contribution in [-0.2, 0) is 17.6 Å². The van der Waals surface area contributed by atoms with Gasteiger partial charge in [-0.2, -0.15) is 0 Å². The highest BCUT2D eigenvalue weighted by Gasteiger charge is 2.28. The number of ether oxygens (including phenoxy) is 1. The van der Waals surface area contributed by atoms with Gasteiger partial charge in [0, 0.05) is 14.9 Å². The highest BCUT2D eigenvalue weighted by molar-refractivity contribution is 9.10. The zero-order chi connectivity index (χ0) is 21.3. The third-order valence-corrected chi connectivity index (χ3v) is 7.07. The molecule has 4 rings (SSSR count). The topological polar surface area (TPSA) is 67.4 Å². The number of thiocarbonyl (C=S) groups is 1. The minimum Gasteiger partial charge on any atom is -0.462 e. The van der Waals surface area contributed by atoms with Crippen LogP contribution in [0, 0.1) is 0 Å². The first-order chi connectivity index (χ1) is 14.5. The van der Waals surface area contributed by atoms with Crippen LogP contribution in [0.1, 0.15) is 44.5 Å². The van der Waals surface area contributed by atoms with Gasteiger partial charge in [0.05, 0.1) is 12.2 Å². The summed E-state index contributed by atoms with van der Waals surface area (Å²) in [7, 11) is 0. The predicted molar refractivity (Wildman–Crippen MR) is 128 cm³/mol. The molecule has 0 radical (unpaired) electrons. The van der Waals surface area contributed by atoms with Crippen molar-refractivity contribution in [3.05, 3.63) is 62.4 Å². The van der Waals surface area contributed by atoms with Crippen molar-refractivity contribution in [2.45, 2.75) is 26.2 Å². The zero-order valence-corrected chi connectivity index (χ0v) is 19.4. The van der Waals surface area contributed by atoms with Gasteiger partial charge in [-0.15, -0.1) is 11.3 Å². The largest absolute Gasteiger partial charge is 0.462 e. The average molecular weight is 503 g/mol. The lowest BCUT2D eigenvalue weighted by molar-refractivity contribution is 0.0527. The van der Waals surface area contributed by atoms with E-state index < -0.39 is 0 Å². The molecule has 0 saturated heterocycles. The van der Waals surface area contributed by atoms with E-state index in [4.69, 9.17) is 17.0 Å². The van der Waals surface area contributed by atoms with Crippen molar-refractivity contribution < 1.29 is 14.3 Å². The lowest BCUT2D eigenvalue weighted by atomic mass is 10.0. The standard InChI is InChI=1S/C22H19BrN2O3S2/c1-2-28-21(27)18-15-9-5-11-17(15)30-20(18)25-22(29)24-19(26)14-8-3-7-13-12(14)6-4-10-16(13)23/h3-4,6-8,10H,2,5,9,11H2,1H3,(H2,24,25,26,29). The second-order valence-corrected chi connectivity index (χ2v) is 9.20. The van der Waals surface area contributed by atoms with Crippen LogP contribution in [-0.4, -0.2) is 23.6 Å². The first-order valence-corrected chi connectivity index (χ1v) is 11.6. The molecule has 0 fully saturated rings. The number of hydrogen-bond donors (Lipinski definition) is 2. The van der Waals surface area contributed by atoms with Gasteiger partial charge in [0.25, 0.3) is 5.91 Å². The molecule has 1 aliphatic rings. The molecule has 1 amide bonds. The molecule has 1 heterocycles. The number of esters is 1. The molecular formula is C22H19BrN2O3S2. The van der Waals surface area contributed by atoms with Crippen LogP contribution in [0.15, 0.2) is 40.9 Å². The van der Waals surface area contributed by atoms with Crippen LogP contribution in [0.2, 0.25) is 0 Å². The summed E-state index contributed by atoms with van der Waals surface area (Å²) in [4.78, 5) is 26.6. The molecule has 2 aromatic carbocycles. The van der Waals surface area contributed by atoms with Crippen LogP contribution >= 0.6 is 39.5 Å². The fraction of sp³-hybridized carbons (Fsp3) is 0.227. The second-order valence-electron chi connectivity index (χ2n) is 6.83. The van der Waals surface area contributed by atoms with Gasteiger partial charge in [-0.3, -0.25) is 10.1 Å². The minimum atomic E-state index is -0.354. The number of carbonyl (C=O) groups is 2.